The zero-order valence-corrected chi connectivity index (χ0v) is 9.56. The third-order valence-electron chi connectivity index (χ3n) is 2.28. The van der Waals surface area contributed by atoms with Gasteiger partial charge in [-0.3, -0.25) is 9.59 Å². The average Bonchev–Trinajstić information content (AvgIpc) is 2.31. The van der Waals surface area contributed by atoms with Gasteiger partial charge in [0.15, 0.2) is 0 Å². The third-order valence-corrected chi connectivity index (χ3v) is 2.28. The Morgan fingerprint density at radius 1 is 1.12 bits per heavy atom. The van der Waals surface area contributed by atoms with Crippen LogP contribution in [0.5, 0.6) is 0 Å². The SMILES string of the molecule is CCC(=O)N(C(=O)CC)c1ccccc1N. The normalized spacial score (nSPS) is 9.88. The Hall–Kier alpha value is -1.84. The van der Waals surface area contributed by atoms with Crippen LogP contribution in [0.25, 0.3) is 0 Å². The molecule has 0 aliphatic carbocycles. The lowest BCUT2D eigenvalue weighted by Gasteiger charge is -2.21. The van der Waals surface area contributed by atoms with E-state index >= 15 is 0 Å². The first-order valence-corrected chi connectivity index (χ1v) is 5.32. The molecular formula is C12H16N2O2. The third kappa shape index (κ3) is 2.39. The van der Waals surface area contributed by atoms with Gasteiger partial charge in [0.05, 0.1) is 11.4 Å². The van der Waals surface area contributed by atoms with Crippen molar-refractivity contribution in [3.8, 4) is 0 Å². The van der Waals surface area contributed by atoms with Gasteiger partial charge in [0, 0.05) is 12.8 Å². The van der Waals surface area contributed by atoms with Crippen LogP contribution in [-0.2, 0) is 9.59 Å². The van der Waals surface area contributed by atoms with Crippen molar-refractivity contribution in [2.75, 3.05) is 10.6 Å². The Kier molecular flexibility index (Phi) is 4.05. The molecule has 0 spiro atoms. The van der Waals surface area contributed by atoms with Gasteiger partial charge in [-0.1, -0.05) is 26.0 Å². The molecule has 0 fully saturated rings. The highest BCUT2D eigenvalue weighted by atomic mass is 16.2. The molecule has 0 unspecified atom stereocenters. The van der Waals surface area contributed by atoms with Crippen molar-refractivity contribution in [3.05, 3.63) is 24.3 Å². The molecule has 0 radical (unpaired) electrons. The molecule has 0 saturated carbocycles. The summed E-state index contributed by atoms with van der Waals surface area (Å²) in [5.74, 6) is -0.463. The number of nitrogens with zero attached hydrogens (tertiary/aromatic N) is 1. The van der Waals surface area contributed by atoms with Crippen molar-refractivity contribution in [3.63, 3.8) is 0 Å². The topological polar surface area (TPSA) is 63.4 Å². The number of hydrogen-bond donors (Lipinski definition) is 1. The van der Waals surface area contributed by atoms with Crippen LogP contribution >= 0.6 is 0 Å². The van der Waals surface area contributed by atoms with Crippen LogP contribution in [0, 0.1) is 0 Å². The molecular weight excluding hydrogens is 204 g/mol. The maximum atomic E-state index is 11.7. The molecule has 0 aliphatic rings. The van der Waals surface area contributed by atoms with E-state index in [4.69, 9.17) is 5.73 Å². The molecule has 1 aromatic rings. The average molecular weight is 220 g/mol. The zero-order valence-electron chi connectivity index (χ0n) is 9.56. The van der Waals surface area contributed by atoms with E-state index in [-0.39, 0.29) is 24.7 Å². The van der Waals surface area contributed by atoms with Crippen LogP contribution in [-0.4, -0.2) is 11.8 Å². The number of hydrogen-bond acceptors (Lipinski definition) is 3. The van der Waals surface area contributed by atoms with Crippen molar-refractivity contribution in [2.24, 2.45) is 0 Å². The van der Waals surface area contributed by atoms with Gasteiger partial charge in [0.2, 0.25) is 11.8 Å². The summed E-state index contributed by atoms with van der Waals surface area (Å²) in [7, 11) is 0. The van der Waals surface area contributed by atoms with E-state index in [1.807, 2.05) is 0 Å². The number of para-hydroxylation sites is 2. The first kappa shape index (κ1) is 12.2. The summed E-state index contributed by atoms with van der Waals surface area (Å²) in [5.41, 5.74) is 6.67. The number of benzene rings is 1. The number of nitrogen functional groups attached to an aromatic ring is 1. The number of amides is 2. The fourth-order valence-electron chi connectivity index (χ4n) is 1.42. The molecule has 2 N–H and O–H groups in total. The largest absolute Gasteiger partial charge is 0.397 e. The number of rotatable bonds is 3. The minimum Gasteiger partial charge on any atom is -0.397 e. The van der Waals surface area contributed by atoms with Crippen molar-refractivity contribution < 1.29 is 9.59 Å². The number of carbonyl (C=O) groups excluding carboxylic acids is 2. The van der Waals surface area contributed by atoms with Crippen LogP contribution in [0.1, 0.15) is 26.7 Å². The first-order valence-electron chi connectivity index (χ1n) is 5.32. The van der Waals surface area contributed by atoms with Gasteiger partial charge in [-0.2, -0.15) is 0 Å². The van der Waals surface area contributed by atoms with Gasteiger partial charge in [-0.25, -0.2) is 4.90 Å². The van der Waals surface area contributed by atoms with E-state index < -0.39 is 0 Å². The van der Waals surface area contributed by atoms with E-state index in [1.165, 1.54) is 0 Å². The highest BCUT2D eigenvalue weighted by Gasteiger charge is 2.21. The minimum atomic E-state index is -0.232. The van der Waals surface area contributed by atoms with Crippen LogP contribution < -0.4 is 10.6 Å². The molecule has 2 amide bonds. The predicted octanol–water partition coefficient (Wildman–Crippen LogP) is 1.95. The summed E-state index contributed by atoms with van der Waals surface area (Å²) >= 11 is 0. The molecule has 1 aromatic carbocycles. The van der Waals surface area contributed by atoms with E-state index in [1.54, 1.807) is 38.1 Å². The number of carbonyl (C=O) groups is 2. The maximum Gasteiger partial charge on any atom is 0.233 e. The van der Waals surface area contributed by atoms with E-state index in [0.29, 0.717) is 11.4 Å². The predicted molar refractivity (Wildman–Crippen MR) is 63.9 cm³/mol. The summed E-state index contributed by atoms with van der Waals surface area (Å²) in [6, 6.07) is 6.87. The van der Waals surface area contributed by atoms with Crippen molar-refractivity contribution in [1.82, 2.24) is 0 Å². The van der Waals surface area contributed by atoms with Crippen LogP contribution in [0.15, 0.2) is 24.3 Å². The highest BCUT2D eigenvalue weighted by Crippen LogP contribution is 2.23. The molecule has 4 heteroatoms. The van der Waals surface area contributed by atoms with Crippen LogP contribution in [0.4, 0.5) is 11.4 Å². The Balaban J connectivity index is 3.16. The van der Waals surface area contributed by atoms with Gasteiger partial charge >= 0.3 is 0 Å². The van der Waals surface area contributed by atoms with E-state index in [0.717, 1.165) is 4.90 Å². The number of imide groups is 1. The maximum absolute atomic E-state index is 11.7. The lowest BCUT2D eigenvalue weighted by atomic mass is 10.2. The van der Waals surface area contributed by atoms with E-state index in [9.17, 15) is 9.59 Å². The quantitative estimate of drug-likeness (QED) is 0.792. The van der Waals surface area contributed by atoms with Crippen molar-refractivity contribution >= 4 is 23.2 Å². The molecule has 0 saturated heterocycles. The zero-order chi connectivity index (χ0) is 12.1. The van der Waals surface area contributed by atoms with Gasteiger partial charge < -0.3 is 5.73 Å². The fraction of sp³-hybridized carbons (Fsp3) is 0.333. The Morgan fingerprint density at radius 3 is 2.06 bits per heavy atom. The monoisotopic (exact) mass is 220 g/mol. The summed E-state index contributed by atoms with van der Waals surface area (Å²) in [4.78, 5) is 24.6. The molecule has 16 heavy (non-hydrogen) atoms. The molecule has 0 aliphatic heterocycles. The molecule has 0 bridgehead atoms. The highest BCUT2D eigenvalue weighted by molar-refractivity contribution is 6.16. The standard InChI is InChI=1S/C12H16N2O2/c1-3-11(15)14(12(16)4-2)10-8-6-5-7-9(10)13/h5-8H,3-4,13H2,1-2H3. The summed E-state index contributed by atoms with van der Waals surface area (Å²) in [6.07, 6.45) is 0.556. The second-order valence-corrected chi connectivity index (χ2v) is 3.39. The smallest absolute Gasteiger partial charge is 0.233 e. The van der Waals surface area contributed by atoms with Gasteiger partial charge in [-0.05, 0) is 12.1 Å². The molecule has 1 rings (SSSR count). The Bertz CT molecular complexity index is 386. The van der Waals surface area contributed by atoms with Crippen LogP contribution in [0.3, 0.4) is 0 Å². The van der Waals surface area contributed by atoms with Gasteiger partial charge in [-0.15, -0.1) is 0 Å². The molecule has 0 heterocycles. The lowest BCUT2D eigenvalue weighted by molar-refractivity contribution is -0.126. The Labute approximate surface area is 95.0 Å². The first-order chi connectivity index (χ1) is 7.61. The molecule has 86 valence electrons. The number of nitrogens with two attached hydrogens (primary N) is 1. The molecule has 0 aromatic heterocycles. The van der Waals surface area contributed by atoms with Gasteiger partial charge in [0.1, 0.15) is 0 Å². The second kappa shape index (κ2) is 5.30. The van der Waals surface area contributed by atoms with Crippen LogP contribution in [0.2, 0.25) is 0 Å². The Morgan fingerprint density at radius 2 is 1.62 bits per heavy atom. The second-order valence-electron chi connectivity index (χ2n) is 3.39. The van der Waals surface area contributed by atoms with E-state index in [2.05, 4.69) is 0 Å². The number of anilines is 2. The summed E-state index contributed by atoms with van der Waals surface area (Å²) < 4.78 is 0. The fourth-order valence-corrected chi connectivity index (χ4v) is 1.42. The molecule has 0 atom stereocenters. The summed E-state index contributed by atoms with van der Waals surface area (Å²) in [5, 5.41) is 0. The van der Waals surface area contributed by atoms with Crippen molar-refractivity contribution in [1.29, 1.82) is 0 Å². The van der Waals surface area contributed by atoms with Crippen molar-refractivity contribution in [2.45, 2.75) is 26.7 Å². The minimum absolute atomic E-state index is 0.232. The molecule has 4 nitrogen and oxygen atoms in total. The lowest BCUT2D eigenvalue weighted by Crippen LogP contribution is -2.36. The summed E-state index contributed by atoms with van der Waals surface area (Å²) in [6.45, 7) is 3.44. The van der Waals surface area contributed by atoms with Gasteiger partial charge in [0.25, 0.3) is 0 Å².